The summed E-state index contributed by atoms with van der Waals surface area (Å²) >= 11 is 0. The fourth-order valence-corrected chi connectivity index (χ4v) is 2.26. The molecular formula is C20H16N2O2. The van der Waals surface area contributed by atoms with Crippen LogP contribution in [-0.4, -0.2) is 22.1 Å². The van der Waals surface area contributed by atoms with E-state index in [2.05, 4.69) is 10.2 Å². The van der Waals surface area contributed by atoms with E-state index in [1.54, 1.807) is 6.07 Å². The fourth-order valence-electron chi connectivity index (χ4n) is 2.26. The maximum absolute atomic E-state index is 9.79. The molecule has 2 N–H and O–H groups in total. The van der Waals surface area contributed by atoms with Crippen molar-refractivity contribution in [3.8, 4) is 11.5 Å². The van der Waals surface area contributed by atoms with Gasteiger partial charge in [-0.2, -0.15) is 5.10 Å². The maximum atomic E-state index is 9.79. The minimum absolute atomic E-state index is 0.00223. The van der Waals surface area contributed by atoms with Crippen LogP contribution in [0.2, 0.25) is 0 Å². The van der Waals surface area contributed by atoms with Gasteiger partial charge in [0.25, 0.3) is 0 Å². The van der Waals surface area contributed by atoms with Gasteiger partial charge in [0.05, 0.1) is 6.21 Å². The number of hydrogen-bond acceptors (Lipinski definition) is 4. The van der Waals surface area contributed by atoms with Gasteiger partial charge in [-0.05, 0) is 12.1 Å². The summed E-state index contributed by atoms with van der Waals surface area (Å²) in [6, 6.07) is 23.9. The number of benzene rings is 3. The van der Waals surface area contributed by atoms with Crippen LogP contribution in [0.5, 0.6) is 11.5 Å². The second-order valence-electron chi connectivity index (χ2n) is 5.17. The molecule has 3 aromatic carbocycles. The number of hydrogen-bond donors (Lipinski definition) is 2. The number of phenols is 2. The molecular weight excluding hydrogens is 300 g/mol. The third-order valence-corrected chi connectivity index (χ3v) is 3.46. The van der Waals surface area contributed by atoms with Gasteiger partial charge in [0.15, 0.2) is 0 Å². The molecule has 4 nitrogen and oxygen atoms in total. The second kappa shape index (κ2) is 7.24. The van der Waals surface area contributed by atoms with Crippen LogP contribution in [0.4, 0.5) is 0 Å². The number of aromatic hydroxyl groups is 2. The normalized spacial score (nSPS) is 10.7. The summed E-state index contributed by atoms with van der Waals surface area (Å²) in [6.07, 6.45) is 1.46. The molecule has 3 aromatic rings. The molecule has 0 heterocycles. The van der Waals surface area contributed by atoms with Crippen LogP contribution in [0.15, 0.2) is 89.1 Å². The van der Waals surface area contributed by atoms with E-state index in [4.69, 9.17) is 0 Å². The van der Waals surface area contributed by atoms with E-state index in [-0.39, 0.29) is 11.5 Å². The molecule has 0 radical (unpaired) electrons. The van der Waals surface area contributed by atoms with Crippen molar-refractivity contribution in [2.75, 3.05) is 0 Å². The Bertz CT molecular complexity index is 831. The molecule has 3 rings (SSSR count). The lowest BCUT2D eigenvalue weighted by atomic mass is 10.0. The number of phenolic OH excluding ortho intramolecular Hbond substituents is 2. The van der Waals surface area contributed by atoms with E-state index in [1.807, 2.05) is 60.7 Å². The Balaban J connectivity index is 1.97. The molecule has 0 aliphatic rings. The molecule has 0 bridgehead atoms. The summed E-state index contributed by atoms with van der Waals surface area (Å²) in [6.45, 7) is 0. The van der Waals surface area contributed by atoms with Gasteiger partial charge in [-0.1, -0.05) is 60.7 Å². The smallest absolute Gasteiger partial charge is 0.128 e. The van der Waals surface area contributed by atoms with E-state index in [9.17, 15) is 10.2 Å². The number of rotatable bonds is 4. The van der Waals surface area contributed by atoms with Crippen LogP contribution >= 0.6 is 0 Å². The minimum Gasteiger partial charge on any atom is -0.508 e. The highest BCUT2D eigenvalue weighted by molar-refractivity contribution is 6.12. The van der Waals surface area contributed by atoms with Gasteiger partial charge in [0, 0.05) is 22.8 Å². The van der Waals surface area contributed by atoms with Crippen molar-refractivity contribution in [3.63, 3.8) is 0 Å². The predicted molar refractivity (Wildman–Crippen MR) is 95.9 cm³/mol. The van der Waals surface area contributed by atoms with Gasteiger partial charge in [-0.25, -0.2) is 0 Å². The van der Waals surface area contributed by atoms with Crippen molar-refractivity contribution < 1.29 is 10.2 Å². The second-order valence-corrected chi connectivity index (χ2v) is 5.17. The van der Waals surface area contributed by atoms with Crippen molar-refractivity contribution >= 4 is 11.9 Å². The molecule has 0 aliphatic carbocycles. The van der Waals surface area contributed by atoms with Gasteiger partial charge in [0.2, 0.25) is 0 Å². The van der Waals surface area contributed by atoms with Crippen molar-refractivity contribution in [1.82, 2.24) is 0 Å². The standard InChI is InChI=1S/C20H16N2O2/c23-18-12-11-17(19(24)13-18)14-21-22-20(15-7-3-1-4-8-15)16-9-5-2-6-10-16/h1-14,23-24H/b21-14+. The Kier molecular flexibility index (Phi) is 4.68. The molecule has 0 aromatic heterocycles. The highest BCUT2D eigenvalue weighted by Crippen LogP contribution is 2.21. The zero-order valence-corrected chi connectivity index (χ0v) is 12.9. The van der Waals surface area contributed by atoms with Crippen LogP contribution in [0.3, 0.4) is 0 Å². The SMILES string of the molecule is Oc1ccc(/C=N/N=C(c2ccccc2)c2ccccc2)c(O)c1. The average Bonchev–Trinajstić information content (AvgIpc) is 2.62. The molecule has 24 heavy (non-hydrogen) atoms. The summed E-state index contributed by atoms with van der Waals surface area (Å²) in [5.74, 6) is -0.0441. The van der Waals surface area contributed by atoms with Crippen LogP contribution in [0, 0.1) is 0 Å². The van der Waals surface area contributed by atoms with E-state index < -0.39 is 0 Å². The van der Waals surface area contributed by atoms with Crippen LogP contribution in [0.1, 0.15) is 16.7 Å². The van der Waals surface area contributed by atoms with Crippen LogP contribution in [0.25, 0.3) is 0 Å². The van der Waals surface area contributed by atoms with Crippen molar-refractivity contribution in [3.05, 3.63) is 95.6 Å². The quantitative estimate of drug-likeness (QED) is 0.565. The lowest BCUT2D eigenvalue weighted by molar-refractivity contribution is 0.450. The summed E-state index contributed by atoms with van der Waals surface area (Å²) < 4.78 is 0. The highest BCUT2D eigenvalue weighted by Gasteiger charge is 2.06. The van der Waals surface area contributed by atoms with E-state index >= 15 is 0 Å². The molecule has 0 atom stereocenters. The first-order valence-corrected chi connectivity index (χ1v) is 7.48. The maximum Gasteiger partial charge on any atom is 0.128 e. The Labute approximate surface area is 140 Å². The topological polar surface area (TPSA) is 65.2 Å². The van der Waals surface area contributed by atoms with E-state index in [0.717, 1.165) is 16.8 Å². The zero-order valence-electron chi connectivity index (χ0n) is 12.9. The Morgan fingerprint density at radius 3 is 1.88 bits per heavy atom. The minimum atomic E-state index is -0.0464. The lowest BCUT2D eigenvalue weighted by Gasteiger charge is -2.05. The highest BCUT2D eigenvalue weighted by atomic mass is 16.3. The van der Waals surface area contributed by atoms with Crippen LogP contribution in [-0.2, 0) is 0 Å². The molecule has 0 spiro atoms. The molecule has 0 saturated carbocycles. The first kappa shape index (κ1) is 15.5. The lowest BCUT2D eigenvalue weighted by Crippen LogP contribution is -2.02. The van der Waals surface area contributed by atoms with Crippen molar-refractivity contribution in [2.24, 2.45) is 10.2 Å². The molecule has 0 saturated heterocycles. The summed E-state index contributed by atoms with van der Waals surface area (Å²) in [7, 11) is 0. The first-order chi connectivity index (χ1) is 11.7. The van der Waals surface area contributed by atoms with Gasteiger partial charge in [-0.15, -0.1) is 5.10 Å². The van der Waals surface area contributed by atoms with Gasteiger partial charge in [0.1, 0.15) is 17.2 Å². The monoisotopic (exact) mass is 316 g/mol. The van der Waals surface area contributed by atoms with Gasteiger partial charge < -0.3 is 10.2 Å². The van der Waals surface area contributed by atoms with E-state index in [0.29, 0.717) is 5.56 Å². The third-order valence-electron chi connectivity index (χ3n) is 3.46. The summed E-state index contributed by atoms with van der Waals surface area (Å²) in [5, 5.41) is 27.5. The zero-order chi connectivity index (χ0) is 16.8. The molecule has 0 fully saturated rings. The number of nitrogens with zero attached hydrogens (tertiary/aromatic N) is 2. The van der Waals surface area contributed by atoms with Gasteiger partial charge in [-0.3, -0.25) is 0 Å². The summed E-state index contributed by atoms with van der Waals surface area (Å²) in [5.41, 5.74) is 3.13. The van der Waals surface area contributed by atoms with Crippen LogP contribution < -0.4 is 0 Å². The van der Waals surface area contributed by atoms with Gasteiger partial charge >= 0.3 is 0 Å². The fraction of sp³-hybridized carbons (Fsp3) is 0. The average molecular weight is 316 g/mol. The summed E-state index contributed by atoms with van der Waals surface area (Å²) in [4.78, 5) is 0. The molecule has 0 amide bonds. The Morgan fingerprint density at radius 2 is 1.33 bits per heavy atom. The molecule has 118 valence electrons. The Morgan fingerprint density at radius 1 is 0.750 bits per heavy atom. The van der Waals surface area contributed by atoms with Crippen molar-refractivity contribution in [2.45, 2.75) is 0 Å². The third kappa shape index (κ3) is 3.67. The molecule has 4 heteroatoms. The van der Waals surface area contributed by atoms with E-state index in [1.165, 1.54) is 18.3 Å². The molecule has 0 unspecified atom stereocenters. The molecule has 0 aliphatic heterocycles. The largest absolute Gasteiger partial charge is 0.508 e. The van der Waals surface area contributed by atoms with Crippen molar-refractivity contribution in [1.29, 1.82) is 0 Å². The first-order valence-electron chi connectivity index (χ1n) is 7.48. The predicted octanol–water partition coefficient (Wildman–Crippen LogP) is 3.97. The Hall–Kier alpha value is -3.40.